The van der Waals surface area contributed by atoms with Crippen LogP contribution in [0.15, 0.2) is 30.5 Å². The quantitative estimate of drug-likeness (QED) is 0.592. The van der Waals surface area contributed by atoms with Crippen LogP contribution in [0.5, 0.6) is 5.19 Å². The van der Waals surface area contributed by atoms with E-state index >= 15 is 0 Å². The highest BCUT2D eigenvalue weighted by Gasteiger charge is 2.47. The average Bonchev–Trinajstić information content (AvgIpc) is 3.19. The van der Waals surface area contributed by atoms with Crippen molar-refractivity contribution < 1.29 is 22.7 Å². The molecule has 6 nitrogen and oxygen atoms in total. The number of para-hydroxylation sites is 2. The minimum Gasteiger partial charge on any atom is -0.460 e. The summed E-state index contributed by atoms with van der Waals surface area (Å²) in [6.45, 7) is 3.22. The second-order valence-corrected chi connectivity index (χ2v) is 8.34. The summed E-state index contributed by atoms with van der Waals surface area (Å²) in [6.07, 6.45) is -2.26. The second-order valence-electron chi connectivity index (χ2n) is 7.31. The minimum atomic E-state index is -4.42. The highest BCUT2D eigenvalue weighted by atomic mass is 32.1. The van der Waals surface area contributed by atoms with E-state index in [1.807, 2.05) is 24.3 Å². The topological polar surface area (TPSA) is 69.0 Å². The molecule has 1 aliphatic carbocycles. The van der Waals surface area contributed by atoms with E-state index in [0.29, 0.717) is 4.88 Å². The van der Waals surface area contributed by atoms with E-state index < -0.39 is 12.8 Å². The summed E-state index contributed by atoms with van der Waals surface area (Å²) in [5.41, 5.74) is 1.98. The number of aromatic nitrogens is 3. The predicted octanol–water partition coefficient (Wildman–Crippen LogP) is 4.43. The third-order valence-corrected chi connectivity index (χ3v) is 6.20. The van der Waals surface area contributed by atoms with Crippen LogP contribution < -0.4 is 10.1 Å². The van der Waals surface area contributed by atoms with Gasteiger partial charge >= 0.3 is 6.18 Å². The SMILES string of the molecule is CCn1c(C2CC2C(=O)N[C@H](C)c2cnc(OCC(F)(F)F)s2)nc2ccccc21. The van der Waals surface area contributed by atoms with Crippen LogP contribution in [0.1, 0.15) is 42.9 Å². The number of thiazole rings is 1. The number of hydrogen-bond acceptors (Lipinski definition) is 5. The van der Waals surface area contributed by atoms with Crippen LogP contribution in [-0.4, -0.2) is 33.2 Å². The number of hydrogen-bond donors (Lipinski definition) is 1. The van der Waals surface area contributed by atoms with Crippen molar-refractivity contribution in [2.75, 3.05) is 6.61 Å². The number of nitrogens with one attached hydrogen (secondary N) is 1. The molecule has 30 heavy (non-hydrogen) atoms. The first-order valence-corrected chi connectivity index (χ1v) is 10.5. The van der Waals surface area contributed by atoms with E-state index in [-0.39, 0.29) is 29.0 Å². The maximum Gasteiger partial charge on any atom is 0.422 e. The van der Waals surface area contributed by atoms with Crippen molar-refractivity contribution in [3.05, 3.63) is 41.2 Å². The van der Waals surface area contributed by atoms with Gasteiger partial charge in [0.2, 0.25) is 5.91 Å². The minimum absolute atomic E-state index is 0.0654. The molecule has 0 spiro atoms. The lowest BCUT2D eigenvalue weighted by molar-refractivity contribution is -0.153. The molecule has 2 unspecified atom stereocenters. The van der Waals surface area contributed by atoms with Gasteiger partial charge in [-0.15, -0.1) is 0 Å². The second kappa shape index (κ2) is 7.90. The van der Waals surface area contributed by atoms with Gasteiger partial charge in [0.25, 0.3) is 5.19 Å². The molecule has 0 saturated heterocycles. The zero-order chi connectivity index (χ0) is 21.5. The Morgan fingerprint density at radius 1 is 1.40 bits per heavy atom. The first kappa shape index (κ1) is 20.6. The van der Waals surface area contributed by atoms with Crippen molar-refractivity contribution in [3.63, 3.8) is 0 Å². The number of imidazole rings is 1. The number of alkyl halides is 3. The van der Waals surface area contributed by atoms with Crippen LogP contribution in [-0.2, 0) is 11.3 Å². The van der Waals surface area contributed by atoms with Gasteiger partial charge in [0.15, 0.2) is 6.61 Å². The fourth-order valence-corrected chi connectivity index (χ4v) is 4.32. The molecule has 1 aliphatic rings. The molecule has 4 rings (SSSR count). The lowest BCUT2D eigenvalue weighted by Gasteiger charge is -2.12. The van der Waals surface area contributed by atoms with Crippen molar-refractivity contribution in [2.45, 2.75) is 44.9 Å². The van der Waals surface area contributed by atoms with Crippen LogP contribution in [0.25, 0.3) is 11.0 Å². The lowest BCUT2D eigenvalue weighted by Crippen LogP contribution is -2.28. The van der Waals surface area contributed by atoms with Gasteiger partial charge in [-0.25, -0.2) is 9.97 Å². The molecule has 1 aromatic carbocycles. The summed E-state index contributed by atoms with van der Waals surface area (Å²) in [5.74, 6) is 0.737. The van der Waals surface area contributed by atoms with Gasteiger partial charge in [-0.05, 0) is 32.4 Å². The predicted molar refractivity (Wildman–Crippen MR) is 106 cm³/mol. The van der Waals surface area contributed by atoms with Crippen molar-refractivity contribution in [1.82, 2.24) is 19.9 Å². The van der Waals surface area contributed by atoms with E-state index in [2.05, 4.69) is 26.5 Å². The molecular weight excluding hydrogens is 417 g/mol. The third-order valence-electron chi connectivity index (χ3n) is 5.11. The number of nitrogens with zero attached hydrogens (tertiary/aromatic N) is 3. The van der Waals surface area contributed by atoms with Crippen molar-refractivity contribution >= 4 is 28.3 Å². The van der Waals surface area contributed by atoms with Gasteiger partial charge in [-0.1, -0.05) is 23.5 Å². The van der Waals surface area contributed by atoms with Gasteiger partial charge in [-0.3, -0.25) is 4.79 Å². The standard InChI is InChI=1S/C20H21F3N4O2S/c1-3-27-15-7-5-4-6-14(15)26-17(27)12-8-13(12)18(28)25-11(2)16-9-24-19(30-16)29-10-20(21,22)23/h4-7,9,11-13H,3,8,10H2,1-2H3,(H,25,28)/t11-,12?,13?/m1/s1. The Kier molecular flexibility index (Phi) is 5.44. The van der Waals surface area contributed by atoms with Crippen LogP contribution in [0.4, 0.5) is 13.2 Å². The molecule has 2 aromatic heterocycles. The molecule has 1 fully saturated rings. The molecule has 2 heterocycles. The maximum absolute atomic E-state index is 12.7. The van der Waals surface area contributed by atoms with E-state index in [1.54, 1.807) is 6.92 Å². The van der Waals surface area contributed by atoms with Crippen LogP contribution in [0.3, 0.4) is 0 Å². The van der Waals surface area contributed by atoms with Gasteiger partial charge < -0.3 is 14.6 Å². The number of halogens is 3. The average molecular weight is 438 g/mol. The van der Waals surface area contributed by atoms with Crippen LogP contribution in [0, 0.1) is 5.92 Å². The zero-order valence-corrected chi connectivity index (χ0v) is 17.3. The molecule has 0 bridgehead atoms. The number of carbonyl (C=O) groups is 1. The molecule has 3 aromatic rings. The molecule has 1 amide bonds. The summed E-state index contributed by atoms with van der Waals surface area (Å²) >= 11 is 0.997. The normalized spacial score (nSPS) is 19.6. The van der Waals surface area contributed by atoms with Gasteiger partial charge in [0, 0.05) is 24.6 Å². The highest BCUT2D eigenvalue weighted by molar-refractivity contribution is 7.13. The molecule has 1 N–H and O–H groups in total. The van der Waals surface area contributed by atoms with Crippen LogP contribution >= 0.6 is 11.3 Å². The smallest absolute Gasteiger partial charge is 0.422 e. The van der Waals surface area contributed by atoms with Gasteiger partial charge in [0.05, 0.1) is 22.0 Å². The molecule has 0 aliphatic heterocycles. The fourth-order valence-electron chi connectivity index (χ4n) is 3.55. The third kappa shape index (κ3) is 4.28. The first-order chi connectivity index (χ1) is 14.3. The molecule has 0 radical (unpaired) electrons. The molecule has 160 valence electrons. The number of amides is 1. The number of carbonyl (C=O) groups excluding carboxylic acids is 1. The number of rotatable bonds is 7. The Labute approximate surface area is 175 Å². The van der Waals surface area contributed by atoms with Crippen LogP contribution in [0.2, 0.25) is 0 Å². The van der Waals surface area contributed by atoms with Crippen molar-refractivity contribution in [1.29, 1.82) is 0 Å². The van der Waals surface area contributed by atoms with E-state index in [4.69, 9.17) is 4.98 Å². The largest absolute Gasteiger partial charge is 0.460 e. The van der Waals surface area contributed by atoms with Gasteiger partial charge in [-0.2, -0.15) is 13.2 Å². The number of fused-ring (bicyclic) bond motifs is 1. The molecule has 1 saturated carbocycles. The summed E-state index contributed by atoms with van der Waals surface area (Å²) in [6, 6.07) is 7.54. The number of aryl methyl sites for hydroxylation is 1. The summed E-state index contributed by atoms with van der Waals surface area (Å²) in [4.78, 5) is 21.9. The Bertz CT molecular complexity index is 1060. The Morgan fingerprint density at radius 3 is 2.90 bits per heavy atom. The Balaban J connectivity index is 1.38. The molecule has 3 atom stereocenters. The van der Waals surface area contributed by atoms with Crippen molar-refractivity contribution in [3.8, 4) is 5.19 Å². The Morgan fingerprint density at radius 2 is 2.17 bits per heavy atom. The molecule has 10 heteroatoms. The number of benzene rings is 1. The summed E-state index contributed by atoms with van der Waals surface area (Å²) in [7, 11) is 0. The summed E-state index contributed by atoms with van der Waals surface area (Å²) in [5, 5.41) is 2.87. The Hall–Kier alpha value is -2.62. The fraction of sp³-hybridized carbons (Fsp3) is 0.450. The highest BCUT2D eigenvalue weighted by Crippen LogP contribution is 2.48. The van der Waals surface area contributed by atoms with Gasteiger partial charge in [0.1, 0.15) is 5.82 Å². The monoisotopic (exact) mass is 438 g/mol. The lowest BCUT2D eigenvalue weighted by atomic mass is 10.2. The zero-order valence-electron chi connectivity index (χ0n) is 16.4. The van der Waals surface area contributed by atoms with E-state index in [1.165, 1.54) is 6.20 Å². The maximum atomic E-state index is 12.7. The molecular formula is C20H21F3N4O2S. The number of ether oxygens (including phenoxy) is 1. The van der Waals surface area contributed by atoms with E-state index in [9.17, 15) is 18.0 Å². The van der Waals surface area contributed by atoms with E-state index in [0.717, 1.165) is 41.2 Å². The summed E-state index contributed by atoms with van der Waals surface area (Å²) < 4.78 is 43.6. The van der Waals surface area contributed by atoms with Crippen molar-refractivity contribution in [2.24, 2.45) is 5.92 Å². The first-order valence-electron chi connectivity index (χ1n) is 9.67.